The summed E-state index contributed by atoms with van der Waals surface area (Å²) in [4.78, 5) is 9.36. The number of nitrogens with one attached hydrogen (secondary N) is 1. The lowest BCUT2D eigenvalue weighted by Crippen LogP contribution is -2.47. The summed E-state index contributed by atoms with van der Waals surface area (Å²) in [6.45, 7) is 5.16. The Labute approximate surface area is 174 Å². The molecule has 0 aromatic heterocycles. The maximum absolute atomic E-state index is 13.3. The molecule has 1 saturated carbocycles. The number of guanidine groups is 1. The number of likely N-dealkylation sites (N-methyl/N-ethyl adjacent to an activating group) is 1. The number of benzene rings is 1. The van der Waals surface area contributed by atoms with E-state index in [0.717, 1.165) is 37.7 Å². The molecule has 0 bridgehead atoms. The van der Waals surface area contributed by atoms with Crippen LogP contribution in [-0.2, 0) is 16.6 Å². The summed E-state index contributed by atoms with van der Waals surface area (Å²) >= 11 is 0. The number of hydrogen-bond acceptors (Lipinski definition) is 4. The lowest BCUT2D eigenvalue weighted by atomic mass is 9.68. The van der Waals surface area contributed by atoms with Gasteiger partial charge in [0, 0.05) is 52.9 Å². The highest BCUT2D eigenvalue weighted by atomic mass is 32.2. The monoisotopic (exact) mass is 419 g/mol. The van der Waals surface area contributed by atoms with Gasteiger partial charge in [-0.15, -0.1) is 0 Å². The number of sulfonamides is 1. The van der Waals surface area contributed by atoms with Gasteiger partial charge >= 0.3 is 0 Å². The van der Waals surface area contributed by atoms with Crippen molar-refractivity contribution in [3.05, 3.63) is 29.8 Å². The summed E-state index contributed by atoms with van der Waals surface area (Å²) in [5, 5.41) is 3.42. The van der Waals surface area contributed by atoms with Gasteiger partial charge in [0.15, 0.2) is 5.96 Å². The SMILES string of the molecule is CN=C(NCc1ccccc1S(=O)(=O)N1CCN(C)CC1)N1CCC2(CCC2)C1. The van der Waals surface area contributed by atoms with E-state index in [9.17, 15) is 8.42 Å². The number of hydrogen-bond donors (Lipinski definition) is 1. The van der Waals surface area contributed by atoms with Gasteiger partial charge in [-0.05, 0) is 43.4 Å². The average Bonchev–Trinajstić information content (AvgIpc) is 3.15. The summed E-state index contributed by atoms with van der Waals surface area (Å²) in [5.41, 5.74) is 1.30. The van der Waals surface area contributed by atoms with Gasteiger partial charge in [-0.2, -0.15) is 4.31 Å². The predicted molar refractivity (Wildman–Crippen MR) is 115 cm³/mol. The van der Waals surface area contributed by atoms with Gasteiger partial charge in [-0.3, -0.25) is 4.99 Å². The molecule has 1 N–H and O–H groups in total. The molecule has 1 aromatic rings. The minimum atomic E-state index is -3.49. The van der Waals surface area contributed by atoms with E-state index < -0.39 is 10.0 Å². The smallest absolute Gasteiger partial charge is 0.243 e. The first-order valence-electron chi connectivity index (χ1n) is 10.7. The Balaban J connectivity index is 1.45. The number of rotatable bonds is 4. The van der Waals surface area contributed by atoms with E-state index in [1.807, 2.05) is 25.2 Å². The summed E-state index contributed by atoms with van der Waals surface area (Å²) < 4.78 is 28.1. The Morgan fingerprint density at radius 2 is 1.83 bits per heavy atom. The Bertz CT molecular complexity index is 858. The molecule has 3 aliphatic rings. The third-order valence-corrected chi connectivity index (χ3v) is 8.85. The highest BCUT2D eigenvalue weighted by Gasteiger charge is 2.43. The highest BCUT2D eigenvalue weighted by molar-refractivity contribution is 7.89. The fourth-order valence-electron chi connectivity index (χ4n) is 4.78. The first-order chi connectivity index (χ1) is 13.9. The van der Waals surface area contributed by atoms with Crippen molar-refractivity contribution in [3.63, 3.8) is 0 Å². The molecule has 0 radical (unpaired) electrons. The van der Waals surface area contributed by atoms with Gasteiger partial charge in [0.25, 0.3) is 0 Å². The topological polar surface area (TPSA) is 68.2 Å². The Morgan fingerprint density at radius 3 is 2.45 bits per heavy atom. The zero-order valence-electron chi connectivity index (χ0n) is 17.6. The molecular weight excluding hydrogens is 386 g/mol. The van der Waals surface area contributed by atoms with Crippen molar-refractivity contribution in [2.24, 2.45) is 10.4 Å². The molecule has 0 atom stereocenters. The van der Waals surface area contributed by atoms with Crippen molar-refractivity contribution < 1.29 is 8.42 Å². The van der Waals surface area contributed by atoms with Crippen LogP contribution in [0.4, 0.5) is 0 Å². The van der Waals surface area contributed by atoms with E-state index >= 15 is 0 Å². The molecule has 1 aromatic carbocycles. The lowest BCUT2D eigenvalue weighted by Gasteiger charge is -2.38. The summed E-state index contributed by atoms with van der Waals surface area (Å²) in [5.74, 6) is 0.876. The second-order valence-electron chi connectivity index (χ2n) is 8.74. The molecule has 160 valence electrons. The van der Waals surface area contributed by atoms with E-state index in [1.54, 1.807) is 17.4 Å². The molecule has 8 heteroatoms. The van der Waals surface area contributed by atoms with Crippen molar-refractivity contribution in [3.8, 4) is 0 Å². The van der Waals surface area contributed by atoms with Gasteiger partial charge in [-0.25, -0.2) is 8.42 Å². The second kappa shape index (κ2) is 8.24. The number of nitrogens with zero attached hydrogens (tertiary/aromatic N) is 4. The van der Waals surface area contributed by atoms with Crippen LogP contribution in [0, 0.1) is 5.41 Å². The van der Waals surface area contributed by atoms with Crippen molar-refractivity contribution in [2.45, 2.75) is 37.1 Å². The minimum absolute atomic E-state index is 0.407. The Morgan fingerprint density at radius 1 is 1.10 bits per heavy atom. The van der Waals surface area contributed by atoms with Gasteiger partial charge in [0.1, 0.15) is 0 Å². The molecule has 3 fully saturated rings. The summed E-state index contributed by atoms with van der Waals surface area (Å²) in [7, 11) is 0.344. The molecule has 0 unspecified atom stereocenters. The molecular formula is C21H33N5O2S. The van der Waals surface area contributed by atoms with Crippen LogP contribution in [0.2, 0.25) is 0 Å². The van der Waals surface area contributed by atoms with E-state index in [-0.39, 0.29) is 0 Å². The van der Waals surface area contributed by atoms with E-state index in [2.05, 4.69) is 20.1 Å². The normalized spacial score (nSPS) is 23.4. The van der Waals surface area contributed by atoms with Gasteiger partial charge < -0.3 is 15.1 Å². The summed E-state index contributed by atoms with van der Waals surface area (Å²) in [6, 6.07) is 7.34. The van der Waals surface area contributed by atoms with Crippen LogP contribution in [0.15, 0.2) is 34.2 Å². The van der Waals surface area contributed by atoms with E-state index in [0.29, 0.717) is 29.9 Å². The second-order valence-corrected chi connectivity index (χ2v) is 10.6. The predicted octanol–water partition coefficient (Wildman–Crippen LogP) is 1.57. The molecule has 1 aliphatic carbocycles. The molecule has 29 heavy (non-hydrogen) atoms. The van der Waals surface area contributed by atoms with Crippen molar-refractivity contribution >= 4 is 16.0 Å². The van der Waals surface area contributed by atoms with Crippen LogP contribution >= 0.6 is 0 Å². The molecule has 7 nitrogen and oxygen atoms in total. The molecule has 2 aliphatic heterocycles. The zero-order valence-corrected chi connectivity index (χ0v) is 18.4. The molecule has 4 rings (SSSR count). The minimum Gasteiger partial charge on any atom is -0.352 e. The van der Waals surface area contributed by atoms with Crippen LogP contribution in [0.3, 0.4) is 0 Å². The zero-order chi connectivity index (χ0) is 20.5. The van der Waals surface area contributed by atoms with Gasteiger partial charge in [0.05, 0.1) is 4.90 Å². The first kappa shape index (κ1) is 20.6. The first-order valence-corrected chi connectivity index (χ1v) is 12.1. The van der Waals surface area contributed by atoms with Crippen molar-refractivity contribution in [2.75, 3.05) is 53.4 Å². The quantitative estimate of drug-likeness (QED) is 0.593. The van der Waals surface area contributed by atoms with Gasteiger partial charge in [0.2, 0.25) is 10.0 Å². The number of piperazine rings is 1. The molecule has 2 heterocycles. The maximum Gasteiger partial charge on any atom is 0.243 e. The lowest BCUT2D eigenvalue weighted by molar-refractivity contribution is 0.151. The third-order valence-electron chi connectivity index (χ3n) is 6.85. The Kier molecular flexibility index (Phi) is 5.86. The number of aliphatic imine (C=N–C) groups is 1. The number of likely N-dealkylation sites (tertiary alicyclic amines) is 1. The molecule has 2 saturated heterocycles. The van der Waals surface area contributed by atoms with Crippen LogP contribution < -0.4 is 5.32 Å². The van der Waals surface area contributed by atoms with Crippen LogP contribution in [-0.4, -0.2) is 81.8 Å². The summed E-state index contributed by atoms with van der Waals surface area (Å²) in [6.07, 6.45) is 5.23. The molecule has 0 amide bonds. The van der Waals surface area contributed by atoms with Crippen LogP contribution in [0.1, 0.15) is 31.2 Å². The van der Waals surface area contributed by atoms with Crippen LogP contribution in [0.25, 0.3) is 0 Å². The van der Waals surface area contributed by atoms with Gasteiger partial charge in [-0.1, -0.05) is 24.6 Å². The standard InChI is InChI=1S/C21H33N5O2S/c1-22-20(25-11-10-21(17-25)8-5-9-21)23-16-18-6-3-4-7-19(18)29(27,28)26-14-12-24(2)13-15-26/h3-4,6-7H,5,8-17H2,1-2H3,(H,22,23). The van der Waals surface area contributed by atoms with Crippen molar-refractivity contribution in [1.82, 2.24) is 19.4 Å². The van der Waals surface area contributed by atoms with Crippen molar-refractivity contribution in [1.29, 1.82) is 0 Å². The highest BCUT2D eigenvalue weighted by Crippen LogP contribution is 2.47. The third kappa shape index (κ3) is 4.15. The van der Waals surface area contributed by atoms with E-state index in [1.165, 1.54) is 25.7 Å². The Hall–Kier alpha value is -1.64. The van der Waals surface area contributed by atoms with Crippen LogP contribution in [0.5, 0.6) is 0 Å². The average molecular weight is 420 g/mol. The fraction of sp³-hybridized carbons (Fsp3) is 0.667. The largest absolute Gasteiger partial charge is 0.352 e. The molecule has 1 spiro atoms. The fourth-order valence-corrected chi connectivity index (χ4v) is 6.42. The van der Waals surface area contributed by atoms with E-state index in [4.69, 9.17) is 0 Å². The maximum atomic E-state index is 13.3.